The van der Waals surface area contributed by atoms with Crippen molar-refractivity contribution in [3.05, 3.63) is 70.2 Å². The largest absolute Gasteiger partial charge is 0.399 e. The number of rotatable bonds is 1. The Morgan fingerprint density at radius 2 is 1.57 bits per heavy atom. The monoisotopic (exact) mass is 310 g/mol. The fraction of sp³-hybridized carbons (Fsp3) is 0.188. The second-order valence-electron chi connectivity index (χ2n) is 5.00. The van der Waals surface area contributed by atoms with Crippen LogP contribution in [0.2, 0.25) is 5.02 Å². The highest BCUT2D eigenvalue weighted by Crippen LogP contribution is 2.49. The van der Waals surface area contributed by atoms with Gasteiger partial charge in [0.1, 0.15) is 5.92 Å². The van der Waals surface area contributed by atoms with Crippen molar-refractivity contribution < 1.29 is 18.0 Å². The number of carbonyl (C=O) groups is 1. The molecule has 0 spiro atoms. The van der Waals surface area contributed by atoms with E-state index in [1.54, 1.807) is 30.3 Å². The third-order valence-electron chi connectivity index (χ3n) is 3.76. The second kappa shape index (κ2) is 4.88. The lowest BCUT2D eigenvalue weighted by atomic mass is 9.85. The zero-order chi connectivity index (χ0) is 15.2. The van der Waals surface area contributed by atoms with Crippen LogP contribution in [0.15, 0.2) is 48.5 Å². The molecule has 108 valence electrons. The predicted octanol–water partition coefficient (Wildman–Crippen LogP) is 4.85. The van der Waals surface area contributed by atoms with E-state index in [1.165, 1.54) is 18.2 Å². The summed E-state index contributed by atoms with van der Waals surface area (Å²) in [5.74, 6) is -3.90. The summed E-state index contributed by atoms with van der Waals surface area (Å²) in [4.78, 5) is 12.1. The van der Waals surface area contributed by atoms with E-state index in [9.17, 15) is 18.0 Å². The Morgan fingerprint density at radius 3 is 2.19 bits per heavy atom. The summed E-state index contributed by atoms with van der Waals surface area (Å²) in [6, 6.07) is 12.4. The van der Waals surface area contributed by atoms with Crippen LogP contribution in [0.1, 0.15) is 27.4 Å². The first kappa shape index (κ1) is 14.1. The van der Waals surface area contributed by atoms with E-state index in [1.807, 2.05) is 0 Å². The smallest absolute Gasteiger partial charge is 0.293 e. The Labute approximate surface area is 124 Å². The number of hydrogen-bond donors (Lipinski definition) is 0. The van der Waals surface area contributed by atoms with Crippen molar-refractivity contribution >= 4 is 17.4 Å². The van der Waals surface area contributed by atoms with Crippen LogP contribution in [0, 0.1) is 5.92 Å². The number of halogens is 4. The number of benzene rings is 2. The Bertz CT molecular complexity index is 691. The van der Waals surface area contributed by atoms with Crippen LogP contribution in [0.4, 0.5) is 13.2 Å². The van der Waals surface area contributed by atoms with Gasteiger partial charge in [-0.15, -0.1) is 0 Å². The number of carbonyl (C=O) groups excluding carboxylic acids is 1. The van der Waals surface area contributed by atoms with Crippen molar-refractivity contribution in [1.82, 2.24) is 0 Å². The second-order valence-corrected chi connectivity index (χ2v) is 5.44. The normalized spacial score (nSPS) is 21.4. The highest BCUT2D eigenvalue weighted by molar-refractivity contribution is 6.30. The van der Waals surface area contributed by atoms with Gasteiger partial charge in [0.25, 0.3) is 0 Å². The summed E-state index contributed by atoms with van der Waals surface area (Å²) < 4.78 is 40.0. The molecule has 5 heteroatoms. The number of alkyl halides is 3. The first-order valence-electron chi connectivity index (χ1n) is 6.35. The van der Waals surface area contributed by atoms with Crippen LogP contribution >= 0.6 is 11.6 Å². The van der Waals surface area contributed by atoms with E-state index in [4.69, 9.17) is 11.6 Å². The molecule has 3 rings (SSSR count). The lowest BCUT2D eigenvalue weighted by Gasteiger charge is -2.22. The Hall–Kier alpha value is -1.81. The van der Waals surface area contributed by atoms with Crippen LogP contribution in [-0.2, 0) is 0 Å². The van der Waals surface area contributed by atoms with Crippen LogP contribution in [0.25, 0.3) is 0 Å². The molecule has 2 aromatic rings. The molecular formula is C16H10ClF3O. The maximum absolute atomic E-state index is 13.3. The fourth-order valence-corrected chi connectivity index (χ4v) is 3.00. The Balaban J connectivity index is 2.18. The van der Waals surface area contributed by atoms with Crippen LogP contribution in [-0.4, -0.2) is 12.0 Å². The maximum Gasteiger partial charge on any atom is 0.399 e. The minimum absolute atomic E-state index is 0.153. The molecule has 0 radical (unpaired) electrons. The summed E-state index contributed by atoms with van der Waals surface area (Å²) in [6.07, 6.45) is -4.58. The molecule has 0 N–H and O–H groups in total. The molecule has 0 saturated carbocycles. The van der Waals surface area contributed by atoms with E-state index >= 15 is 0 Å². The van der Waals surface area contributed by atoms with Gasteiger partial charge in [-0.25, -0.2) is 0 Å². The van der Waals surface area contributed by atoms with Gasteiger partial charge in [0.2, 0.25) is 0 Å². The highest BCUT2D eigenvalue weighted by atomic mass is 35.5. The van der Waals surface area contributed by atoms with Gasteiger partial charge in [-0.1, -0.05) is 48.0 Å². The number of hydrogen-bond acceptors (Lipinski definition) is 1. The third-order valence-corrected chi connectivity index (χ3v) is 4.01. The molecule has 0 amide bonds. The van der Waals surface area contributed by atoms with Crippen molar-refractivity contribution in [2.24, 2.45) is 5.92 Å². The SMILES string of the molecule is O=C1c2ccccc2C(c2ccc(Cl)cc2)C1C(F)(F)F. The lowest BCUT2D eigenvalue weighted by molar-refractivity contribution is -0.162. The average molecular weight is 311 g/mol. The number of fused-ring (bicyclic) bond motifs is 1. The molecule has 0 heterocycles. The predicted molar refractivity (Wildman–Crippen MR) is 73.6 cm³/mol. The van der Waals surface area contributed by atoms with Gasteiger partial charge in [-0.05, 0) is 23.3 Å². The summed E-state index contributed by atoms with van der Waals surface area (Å²) in [6.45, 7) is 0. The molecular weight excluding hydrogens is 301 g/mol. The van der Waals surface area contributed by atoms with Crippen molar-refractivity contribution in [1.29, 1.82) is 0 Å². The van der Waals surface area contributed by atoms with Crippen LogP contribution in [0.3, 0.4) is 0 Å². The van der Waals surface area contributed by atoms with Gasteiger partial charge in [0.05, 0.1) is 0 Å². The zero-order valence-corrected chi connectivity index (χ0v) is 11.4. The standard InChI is InChI=1S/C16H10ClF3O/c17-10-7-5-9(6-8-10)13-11-3-1-2-4-12(11)15(21)14(13)16(18,19)20/h1-8,13-14H. The molecule has 0 bridgehead atoms. The van der Waals surface area contributed by atoms with E-state index < -0.39 is 23.8 Å². The van der Waals surface area contributed by atoms with E-state index in [0.717, 1.165) is 0 Å². The molecule has 21 heavy (non-hydrogen) atoms. The van der Waals surface area contributed by atoms with Crippen LogP contribution < -0.4 is 0 Å². The van der Waals surface area contributed by atoms with Crippen molar-refractivity contribution in [3.8, 4) is 0 Å². The number of Topliss-reactive ketones (excluding diaryl/α,β-unsaturated/α-hetero) is 1. The topological polar surface area (TPSA) is 17.1 Å². The number of ketones is 1. The molecule has 2 unspecified atom stereocenters. The molecule has 1 aliphatic carbocycles. The molecule has 1 aliphatic rings. The summed E-state index contributed by atoms with van der Waals surface area (Å²) in [5, 5.41) is 0.444. The van der Waals surface area contributed by atoms with Crippen molar-refractivity contribution in [2.45, 2.75) is 12.1 Å². The third kappa shape index (κ3) is 2.33. The quantitative estimate of drug-likeness (QED) is 0.736. The van der Waals surface area contributed by atoms with Gasteiger partial charge in [-0.3, -0.25) is 4.79 Å². The van der Waals surface area contributed by atoms with E-state index in [-0.39, 0.29) is 5.56 Å². The van der Waals surface area contributed by atoms with Gasteiger partial charge in [0.15, 0.2) is 5.78 Å². The summed E-state index contributed by atoms with van der Waals surface area (Å²) in [5.41, 5.74) is 1.02. The molecule has 0 saturated heterocycles. The Morgan fingerprint density at radius 1 is 0.952 bits per heavy atom. The Kier molecular flexibility index (Phi) is 3.29. The summed E-state index contributed by atoms with van der Waals surface area (Å²) >= 11 is 5.78. The molecule has 2 aromatic carbocycles. The molecule has 2 atom stereocenters. The maximum atomic E-state index is 13.3. The van der Waals surface area contributed by atoms with Gasteiger partial charge in [0, 0.05) is 16.5 Å². The minimum Gasteiger partial charge on any atom is -0.293 e. The van der Waals surface area contributed by atoms with Gasteiger partial charge >= 0.3 is 6.18 Å². The molecule has 0 aliphatic heterocycles. The molecule has 0 aromatic heterocycles. The average Bonchev–Trinajstić information content (AvgIpc) is 2.74. The van der Waals surface area contributed by atoms with Crippen LogP contribution in [0.5, 0.6) is 0 Å². The lowest BCUT2D eigenvalue weighted by Crippen LogP contribution is -2.31. The van der Waals surface area contributed by atoms with Gasteiger partial charge < -0.3 is 0 Å². The van der Waals surface area contributed by atoms with E-state index in [0.29, 0.717) is 16.1 Å². The van der Waals surface area contributed by atoms with Gasteiger partial charge in [-0.2, -0.15) is 13.2 Å². The van der Waals surface area contributed by atoms with Crippen molar-refractivity contribution in [3.63, 3.8) is 0 Å². The first-order valence-corrected chi connectivity index (χ1v) is 6.72. The fourth-order valence-electron chi connectivity index (χ4n) is 2.87. The zero-order valence-electron chi connectivity index (χ0n) is 10.7. The first-order chi connectivity index (χ1) is 9.89. The van der Waals surface area contributed by atoms with E-state index in [2.05, 4.69) is 0 Å². The molecule has 0 fully saturated rings. The minimum atomic E-state index is -4.58. The summed E-state index contributed by atoms with van der Waals surface area (Å²) in [7, 11) is 0. The van der Waals surface area contributed by atoms with Crippen molar-refractivity contribution in [2.75, 3.05) is 0 Å². The molecule has 1 nitrogen and oxygen atoms in total. The highest BCUT2D eigenvalue weighted by Gasteiger charge is 2.55.